The summed E-state index contributed by atoms with van der Waals surface area (Å²) in [5.41, 5.74) is 2.15. The molecule has 0 bridgehead atoms. The molecular formula is C25H21N3O4S. The maximum Gasteiger partial charge on any atom is 0.265 e. The van der Waals surface area contributed by atoms with E-state index in [1.54, 1.807) is 31.5 Å². The van der Waals surface area contributed by atoms with Gasteiger partial charge < -0.3 is 9.47 Å². The molecule has 3 aromatic rings. The van der Waals surface area contributed by atoms with Crippen LogP contribution in [0.15, 0.2) is 73.0 Å². The highest BCUT2D eigenvalue weighted by Crippen LogP contribution is 2.27. The van der Waals surface area contributed by atoms with Crippen LogP contribution in [0.25, 0.3) is 17.0 Å². The van der Waals surface area contributed by atoms with Crippen molar-refractivity contribution in [3.63, 3.8) is 0 Å². The topological polar surface area (TPSA) is 80.8 Å². The number of benzene rings is 2. The predicted octanol–water partition coefficient (Wildman–Crippen LogP) is 3.64. The van der Waals surface area contributed by atoms with Gasteiger partial charge in [-0.3, -0.25) is 24.8 Å². The number of fused-ring (bicyclic) bond motifs is 1. The van der Waals surface area contributed by atoms with E-state index in [0.29, 0.717) is 17.1 Å². The summed E-state index contributed by atoms with van der Waals surface area (Å²) in [5.74, 6) is 0.258. The number of amides is 2. The monoisotopic (exact) mass is 459 g/mol. The summed E-state index contributed by atoms with van der Waals surface area (Å²) >= 11 is 5.09. The van der Waals surface area contributed by atoms with E-state index in [9.17, 15) is 9.59 Å². The number of para-hydroxylation sites is 1. The Morgan fingerprint density at radius 2 is 1.97 bits per heavy atom. The van der Waals surface area contributed by atoms with Gasteiger partial charge in [0, 0.05) is 23.7 Å². The van der Waals surface area contributed by atoms with Crippen LogP contribution >= 0.6 is 12.2 Å². The summed E-state index contributed by atoms with van der Waals surface area (Å²) in [6, 6.07) is 14.9. The Morgan fingerprint density at radius 1 is 1.15 bits per heavy atom. The van der Waals surface area contributed by atoms with Gasteiger partial charge in [-0.1, -0.05) is 30.3 Å². The second kappa shape index (κ2) is 9.62. The number of carbonyl (C=O) groups excluding carboxylic acids is 2. The molecule has 0 atom stereocenters. The zero-order valence-electron chi connectivity index (χ0n) is 17.9. The molecule has 1 aliphatic heterocycles. The molecule has 8 heteroatoms. The van der Waals surface area contributed by atoms with E-state index in [1.807, 2.05) is 36.4 Å². The molecule has 2 heterocycles. The molecule has 0 radical (unpaired) electrons. The van der Waals surface area contributed by atoms with Gasteiger partial charge in [0.2, 0.25) is 0 Å². The van der Waals surface area contributed by atoms with Gasteiger partial charge >= 0.3 is 0 Å². The first kappa shape index (κ1) is 22.2. The van der Waals surface area contributed by atoms with Crippen molar-refractivity contribution >= 4 is 46.1 Å². The van der Waals surface area contributed by atoms with Crippen molar-refractivity contribution in [2.45, 2.75) is 6.61 Å². The summed E-state index contributed by atoms with van der Waals surface area (Å²) < 4.78 is 11.5. The highest BCUT2D eigenvalue weighted by Gasteiger charge is 2.32. The van der Waals surface area contributed by atoms with Crippen LogP contribution in [-0.2, 0) is 16.2 Å². The highest BCUT2D eigenvalue weighted by molar-refractivity contribution is 7.80. The van der Waals surface area contributed by atoms with Gasteiger partial charge in [0.15, 0.2) is 5.11 Å². The van der Waals surface area contributed by atoms with Gasteiger partial charge in [-0.05, 0) is 48.1 Å². The largest absolute Gasteiger partial charge is 0.496 e. The summed E-state index contributed by atoms with van der Waals surface area (Å²) in [5, 5.41) is 3.58. The molecule has 4 rings (SSSR count). The summed E-state index contributed by atoms with van der Waals surface area (Å²) in [6.45, 7) is 4.04. The predicted molar refractivity (Wildman–Crippen MR) is 130 cm³/mol. The lowest BCUT2D eigenvalue weighted by Crippen LogP contribution is -2.53. The van der Waals surface area contributed by atoms with Gasteiger partial charge in [-0.15, -0.1) is 6.58 Å². The van der Waals surface area contributed by atoms with Crippen LogP contribution in [0.1, 0.15) is 11.1 Å². The van der Waals surface area contributed by atoms with Crippen LogP contribution in [0, 0.1) is 0 Å². The minimum Gasteiger partial charge on any atom is -0.496 e. The van der Waals surface area contributed by atoms with Crippen molar-refractivity contribution in [1.82, 2.24) is 15.2 Å². The number of carbonyl (C=O) groups is 2. The number of aromatic nitrogens is 1. The quantitative estimate of drug-likeness (QED) is 0.252. The maximum atomic E-state index is 12.8. The number of thiocarbonyl (C=S) groups is 1. The molecule has 0 saturated carbocycles. The molecule has 33 heavy (non-hydrogen) atoms. The van der Waals surface area contributed by atoms with E-state index in [2.05, 4.69) is 16.9 Å². The normalized spacial score (nSPS) is 15.0. The number of hydrogen-bond acceptors (Lipinski definition) is 6. The molecule has 0 unspecified atom stereocenters. The number of hydrogen-bond donors (Lipinski definition) is 1. The van der Waals surface area contributed by atoms with Crippen LogP contribution in [-0.4, -0.2) is 40.5 Å². The Hall–Kier alpha value is -4.04. The number of methoxy groups -OCH3 is 1. The molecule has 7 nitrogen and oxygen atoms in total. The maximum absolute atomic E-state index is 12.8. The highest BCUT2D eigenvalue weighted by atomic mass is 32.1. The Kier molecular flexibility index (Phi) is 6.46. The molecule has 0 spiro atoms. The van der Waals surface area contributed by atoms with E-state index >= 15 is 0 Å². The summed E-state index contributed by atoms with van der Waals surface area (Å²) in [6.07, 6.45) is 4.79. The van der Waals surface area contributed by atoms with Crippen LogP contribution < -0.4 is 14.8 Å². The van der Waals surface area contributed by atoms with Crippen LogP contribution in [0.4, 0.5) is 0 Å². The molecule has 2 amide bonds. The Morgan fingerprint density at radius 3 is 2.76 bits per heavy atom. The summed E-state index contributed by atoms with van der Waals surface area (Å²) in [4.78, 5) is 30.9. The number of pyridine rings is 1. The second-order valence-corrected chi connectivity index (χ2v) is 7.60. The Balaban J connectivity index is 1.63. The van der Waals surface area contributed by atoms with Gasteiger partial charge in [-0.2, -0.15) is 0 Å². The standard InChI is InChI=1S/C25H21N3O4S/c1-3-12-28-24(30)19(23(29)27-25(28)33)14-16-9-10-20(31-2)18(13-16)15-32-21-8-4-6-17-7-5-11-26-22(17)21/h3-11,13-14H,1,12,15H2,2H3,(H,27,29,33)/b19-14+. The second-order valence-electron chi connectivity index (χ2n) is 7.21. The SMILES string of the molecule is C=CCN1C(=O)/C(=C/c2ccc(OC)c(COc3cccc4cccnc34)c2)C(=O)NC1=S. The number of nitrogens with one attached hydrogen (secondary N) is 1. The molecule has 0 aliphatic carbocycles. The lowest BCUT2D eigenvalue weighted by Gasteiger charge is -2.27. The average molecular weight is 460 g/mol. The first-order valence-corrected chi connectivity index (χ1v) is 10.6. The molecule has 1 saturated heterocycles. The van der Waals surface area contributed by atoms with E-state index in [4.69, 9.17) is 21.7 Å². The van der Waals surface area contributed by atoms with Crippen LogP contribution in [0.5, 0.6) is 11.5 Å². The minimum absolute atomic E-state index is 0.0132. The summed E-state index contributed by atoms with van der Waals surface area (Å²) in [7, 11) is 1.57. The van der Waals surface area contributed by atoms with Crippen LogP contribution in [0.3, 0.4) is 0 Å². The lowest BCUT2D eigenvalue weighted by atomic mass is 10.0. The van der Waals surface area contributed by atoms with Crippen molar-refractivity contribution < 1.29 is 19.1 Å². The minimum atomic E-state index is -0.541. The molecule has 1 aliphatic rings. The fourth-order valence-electron chi connectivity index (χ4n) is 3.50. The molecule has 1 aromatic heterocycles. The molecule has 1 fully saturated rings. The van der Waals surface area contributed by atoms with Crippen molar-refractivity contribution in [2.75, 3.05) is 13.7 Å². The number of ether oxygens (including phenoxy) is 2. The fraction of sp³-hybridized carbons (Fsp3) is 0.120. The zero-order valence-corrected chi connectivity index (χ0v) is 18.7. The molecule has 166 valence electrons. The van der Waals surface area contributed by atoms with E-state index < -0.39 is 11.8 Å². The third kappa shape index (κ3) is 4.61. The Labute approximate surface area is 196 Å². The van der Waals surface area contributed by atoms with E-state index in [-0.39, 0.29) is 23.8 Å². The first-order valence-electron chi connectivity index (χ1n) is 10.1. The van der Waals surface area contributed by atoms with Crippen molar-refractivity contribution in [1.29, 1.82) is 0 Å². The Bertz CT molecular complexity index is 1300. The van der Waals surface area contributed by atoms with Crippen LogP contribution in [0.2, 0.25) is 0 Å². The molecule has 1 N–H and O–H groups in total. The number of nitrogens with zero attached hydrogens (tertiary/aromatic N) is 2. The van der Waals surface area contributed by atoms with Crippen molar-refractivity contribution in [2.24, 2.45) is 0 Å². The van der Waals surface area contributed by atoms with Gasteiger partial charge in [0.25, 0.3) is 11.8 Å². The van der Waals surface area contributed by atoms with Crippen molar-refractivity contribution in [3.8, 4) is 11.5 Å². The van der Waals surface area contributed by atoms with E-state index in [1.165, 1.54) is 11.0 Å². The first-order chi connectivity index (χ1) is 16.0. The smallest absolute Gasteiger partial charge is 0.265 e. The van der Waals surface area contributed by atoms with Gasteiger partial charge in [0.1, 0.15) is 29.2 Å². The van der Waals surface area contributed by atoms with Crippen molar-refractivity contribution in [3.05, 3.63) is 84.1 Å². The van der Waals surface area contributed by atoms with Gasteiger partial charge in [-0.25, -0.2) is 0 Å². The zero-order chi connectivity index (χ0) is 23.4. The third-order valence-corrected chi connectivity index (χ3v) is 5.41. The van der Waals surface area contributed by atoms with E-state index in [0.717, 1.165) is 16.5 Å². The third-order valence-electron chi connectivity index (χ3n) is 5.09. The number of rotatable bonds is 7. The molecular weight excluding hydrogens is 438 g/mol. The molecule has 2 aromatic carbocycles. The fourth-order valence-corrected chi connectivity index (χ4v) is 3.75. The van der Waals surface area contributed by atoms with Gasteiger partial charge in [0.05, 0.1) is 7.11 Å². The lowest BCUT2D eigenvalue weighted by molar-refractivity contribution is -0.128. The average Bonchev–Trinajstić information content (AvgIpc) is 2.83.